The van der Waals surface area contributed by atoms with Crippen LogP contribution in [-0.2, 0) is 0 Å². The smallest absolute Gasteiger partial charge is 0.175 e. The minimum atomic E-state index is 0.0595. The molecule has 6 heteroatoms. The fraction of sp³-hybridized carbons (Fsp3) is 0.583. The molecule has 1 aromatic heterocycles. The van der Waals surface area contributed by atoms with Crippen LogP contribution in [-0.4, -0.2) is 34.1 Å². The van der Waals surface area contributed by atoms with Gasteiger partial charge in [0.2, 0.25) is 0 Å². The predicted molar refractivity (Wildman–Crippen MR) is 69.8 cm³/mol. The number of nitrogens with two attached hydrogens (primary N) is 1. The summed E-state index contributed by atoms with van der Waals surface area (Å²) in [4.78, 5) is 10.4. The number of hydrogen-bond donors (Lipinski definition) is 2. The van der Waals surface area contributed by atoms with Gasteiger partial charge in [-0.05, 0) is 18.8 Å². The molecule has 0 radical (unpaired) electrons. The molecule has 1 aliphatic rings. The van der Waals surface area contributed by atoms with E-state index in [1.54, 1.807) is 6.20 Å². The maximum atomic E-state index is 8.80. The first kappa shape index (κ1) is 12.6. The standard InChI is InChI=1S/C12H19N5O/c1-2-9-4-3-5-17(7-9)12-10(11(13)16-18)6-14-8-15-12/h6,8-9,18H,2-5,7H2,1H3,(H2,13,16). The zero-order chi connectivity index (χ0) is 13.0. The summed E-state index contributed by atoms with van der Waals surface area (Å²) in [6.45, 7) is 4.14. The van der Waals surface area contributed by atoms with Gasteiger partial charge < -0.3 is 15.8 Å². The molecule has 1 unspecified atom stereocenters. The van der Waals surface area contributed by atoms with Gasteiger partial charge in [0.1, 0.15) is 12.1 Å². The zero-order valence-corrected chi connectivity index (χ0v) is 10.6. The summed E-state index contributed by atoms with van der Waals surface area (Å²) in [7, 11) is 0. The third-order valence-electron chi connectivity index (χ3n) is 3.47. The highest BCUT2D eigenvalue weighted by atomic mass is 16.4. The van der Waals surface area contributed by atoms with Crippen molar-refractivity contribution >= 4 is 11.7 Å². The van der Waals surface area contributed by atoms with Gasteiger partial charge in [-0.15, -0.1) is 0 Å². The summed E-state index contributed by atoms with van der Waals surface area (Å²) >= 11 is 0. The quantitative estimate of drug-likeness (QED) is 0.364. The summed E-state index contributed by atoms with van der Waals surface area (Å²) in [6, 6.07) is 0. The molecule has 6 nitrogen and oxygen atoms in total. The van der Waals surface area contributed by atoms with Crippen molar-refractivity contribution < 1.29 is 5.21 Å². The summed E-state index contributed by atoms with van der Waals surface area (Å²) in [5.41, 5.74) is 6.26. The Morgan fingerprint density at radius 1 is 1.67 bits per heavy atom. The van der Waals surface area contributed by atoms with E-state index in [1.165, 1.54) is 19.2 Å². The van der Waals surface area contributed by atoms with Crippen LogP contribution in [0.15, 0.2) is 17.7 Å². The SMILES string of the molecule is CCC1CCCN(c2ncncc2C(N)=NO)C1. The van der Waals surface area contributed by atoms with Crippen molar-refractivity contribution in [3.8, 4) is 0 Å². The van der Waals surface area contributed by atoms with E-state index in [9.17, 15) is 0 Å². The van der Waals surface area contributed by atoms with E-state index < -0.39 is 0 Å². The van der Waals surface area contributed by atoms with Crippen LogP contribution in [0.4, 0.5) is 5.82 Å². The molecule has 1 fully saturated rings. The Morgan fingerprint density at radius 2 is 2.50 bits per heavy atom. The van der Waals surface area contributed by atoms with Crippen LogP contribution in [0.2, 0.25) is 0 Å². The van der Waals surface area contributed by atoms with Crippen LogP contribution < -0.4 is 10.6 Å². The van der Waals surface area contributed by atoms with Crippen LogP contribution in [0.3, 0.4) is 0 Å². The zero-order valence-electron chi connectivity index (χ0n) is 10.6. The topological polar surface area (TPSA) is 87.6 Å². The Morgan fingerprint density at radius 3 is 3.22 bits per heavy atom. The van der Waals surface area contributed by atoms with Crippen molar-refractivity contribution in [3.05, 3.63) is 18.1 Å². The molecule has 0 aromatic carbocycles. The molecule has 1 atom stereocenters. The summed E-state index contributed by atoms with van der Waals surface area (Å²) in [5.74, 6) is 1.51. The minimum absolute atomic E-state index is 0.0595. The average molecular weight is 249 g/mol. The number of rotatable bonds is 3. The fourth-order valence-corrected chi connectivity index (χ4v) is 2.40. The molecule has 3 N–H and O–H groups in total. The summed E-state index contributed by atoms with van der Waals surface area (Å²) in [6.07, 6.45) is 6.67. The lowest BCUT2D eigenvalue weighted by Gasteiger charge is -2.33. The second-order valence-electron chi connectivity index (χ2n) is 4.61. The van der Waals surface area contributed by atoms with E-state index in [1.807, 2.05) is 0 Å². The number of amidine groups is 1. The molecule has 2 rings (SSSR count). The van der Waals surface area contributed by atoms with Crippen LogP contribution in [0.25, 0.3) is 0 Å². The summed E-state index contributed by atoms with van der Waals surface area (Å²) < 4.78 is 0. The Hall–Kier alpha value is -1.85. The number of oxime groups is 1. The molecule has 18 heavy (non-hydrogen) atoms. The molecule has 0 aliphatic carbocycles. The largest absolute Gasteiger partial charge is 0.409 e. The van der Waals surface area contributed by atoms with Gasteiger partial charge in [-0.2, -0.15) is 0 Å². The van der Waals surface area contributed by atoms with Gasteiger partial charge in [-0.1, -0.05) is 18.5 Å². The molecule has 1 aliphatic heterocycles. The van der Waals surface area contributed by atoms with Crippen molar-refractivity contribution in [2.75, 3.05) is 18.0 Å². The van der Waals surface area contributed by atoms with E-state index in [0.717, 1.165) is 25.3 Å². The number of hydrogen-bond acceptors (Lipinski definition) is 5. The molecule has 2 heterocycles. The molecule has 0 bridgehead atoms. The van der Waals surface area contributed by atoms with Gasteiger partial charge in [0.05, 0.1) is 5.56 Å². The van der Waals surface area contributed by atoms with Crippen molar-refractivity contribution in [1.29, 1.82) is 0 Å². The van der Waals surface area contributed by atoms with Crippen LogP contribution >= 0.6 is 0 Å². The number of anilines is 1. The second-order valence-corrected chi connectivity index (χ2v) is 4.61. The third-order valence-corrected chi connectivity index (χ3v) is 3.47. The van der Waals surface area contributed by atoms with E-state index in [2.05, 4.69) is 26.9 Å². The highest BCUT2D eigenvalue weighted by molar-refractivity contribution is 6.01. The van der Waals surface area contributed by atoms with Crippen LogP contribution in [0.1, 0.15) is 31.7 Å². The molecule has 0 saturated carbocycles. The van der Waals surface area contributed by atoms with Crippen LogP contribution in [0, 0.1) is 5.92 Å². The number of aromatic nitrogens is 2. The molecule has 1 aromatic rings. The maximum absolute atomic E-state index is 8.80. The lowest BCUT2D eigenvalue weighted by Crippen LogP contribution is -2.37. The molecule has 0 amide bonds. The van der Waals surface area contributed by atoms with Gasteiger partial charge in [-0.3, -0.25) is 0 Å². The number of piperidine rings is 1. The lowest BCUT2D eigenvalue weighted by atomic mass is 9.95. The molecule has 0 spiro atoms. The first-order valence-electron chi connectivity index (χ1n) is 6.29. The van der Waals surface area contributed by atoms with Gasteiger partial charge in [0, 0.05) is 19.3 Å². The van der Waals surface area contributed by atoms with Gasteiger partial charge in [-0.25, -0.2) is 9.97 Å². The molecular weight excluding hydrogens is 230 g/mol. The summed E-state index contributed by atoms with van der Waals surface area (Å²) in [5, 5.41) is 11.8. The highest BCUT2D eigenvalue weighted by Gasteiger charge is 2.22. The van der Waals surface area contributed by atoms with E-state index in [-0.39, 0.29) is 5.84 Å². The normalized spacial score (nSPS) is 21.1. The highest BCUT2D eigenvalue weighted by Crippen LogP contribution is 2.25. The van der Waals surface area contributed by atoms with Crippen molar-refractivity contribution in [1.82, 2.24) is 9.97 Å². The lowest BCUT2D eigenvalue weighted by molar-refractivity contribution is 0.318. The Bertz CT molecular complexity index is 434. The Labute approximate surface area is 107 Å². The Kier molecular flexibility index (Phi) is 3.96. The predicted octanol–water partition coefficient (Wildman–Crippen LogP) is 1.20. The van der Waals surface area contributed by atoms with E-state index >= 15 is 0 Å². The number of nitrogens with zero attached hydrogens (tertiary/aromatic N) is 4. The van der Waals surface area contributed by atoms with E-state index in [0.29, 0.717) is 11.5 Å². The van der Waals surface area contributed by atoms with Crippen molar-refractivity contribution in [3.63, 3.8) is 0 Å². The van der Waals surface area contributed by atoms with Crippen molar-refractivity contribution in [2.45, 2.75) is 26.2 Å². The average Bonchev–Trinajstić information content (AvgIpc) is 2.46. The monoisotopic (exact) mass is 249 g/mol. The fourth-order valence-electron chi connectivity index (χ4n) is 2.40. The van der Waals surface area contributed by atoms with Gasteiger partial charge in [0.25, 0.3) is 0 Å². The third kappa shape index (κ3) is 2.52. The Balaban J connectivity index is 2.27. The van der Waals surface area contributed by atoms with Gasteiger partial charge in [0.15, 0.2) is 5.84 Å². The first-order valence-corrected chi connectivity index (χ1v) is 6.29. The molecule has 98 valence electrons. The van der Waals surface area contributed by atoms with Crippen molar-refractivity contribution in [2.24, 2.45) is 16.8 Å². The van der Waals surface area contributed by atoms with Crippen LogP contribution in [0.5, 0.6) is 0 Å². The maximum Gasteiger partial charge on any atom is 0.175 e. The molecular formula is C12H19N5O. The van der Waals surface area contributed by atoms with E-state index in [4.69, 9.17) is 10.9 Å². The second kappa shape index (κ2) is 5.66. The molecule has 1 saturated heterocycles. The van der Waals surface area contributed by atoms with Gasteiger partial charge >= 0.3 is 0 Å². The first-order chi connectivity index (χ1) is 8.76. The minimum Gasteiger partial charge on any atom is -0.409 e.